The molecule has 2 unspecified atom stereocenters. The molecule has 0 bridgehead atoms. The Hall–Kier alpha value is -1.36. The van der Waals surface area contributed by atoms with Crippen LogP contribution in [0.15, 0.2) is 12.4 Å². The minimum absolute atomic E-state index is 0.220. The number of aryl methyl sites for hydroxylation is 1. The smallest absolute Gasteiger partial charge is 0.321 e. The summed E-state index contributed by atoms with van der Waals surface area (Å²) in [6, 6.07) is -0.357. The maximum Gasteiger partial charge on any atom is 0.321 e. The van der Waals surface area contributed by atoms with Crippen molar-refractivity contribution in [1.29, 1.82) is 0 Å². The van der Waals surface area contributed by atoms with Crippen molar-refractivity contribution in [2.45, 2.75) is 32.4 Å². The second-order valence-corrected chi connectivity index (χ2v) is 4.90. The third-order valence-corrected chi connectivity index (χ3v) is 3.43. The van der Waals surface area contributed by atoms with E-state index in [9.17, 15) is 9.90 Å². The van der Waals surface area contributed by atoms with E-state index in [-0.39, 0.29) is 12.0 Å². The largest absolute Gasteiger partial charge is 0.480 e. The van der Waals surface area contributed by atoms with E-state index in [1.54, 1.807) is 10.9 Å². The lowest BCUT2D eigenvalue weighted by molar-refractivity contribution is -0.147. The van der Waals surface area contributed by atoms with Crippen molar-refractivity contribution in [3.63, 3.8) is 0 Å². The van der Waals surface area contributed by atoms with Gasteiger partial charge in [0, 0.05) is 25.4 Å². The molecule has 0 aliphatic carbocycles. The fraction of sp³-hybridized carbons (Fsp3) is 0.667. The van der Waals surface area contributed by atoms with Crippen LogP contribution in [0.25, 0.3) is 0 Å². The number of carbonyl (C=O) groups is 1. The van der Waals surface area contributed by atoms with E-state index in [0.717, 1.165) is 24.9 Å². The number of piperidine rings is 1. The Morgan fingerprint density at radius 3 is 3.00 bits per heavy atom. The van der Waals surface area contributed by atoms with Crippen molar-refractivity contribution in [1.82, 2.24) is 14.7 Å². The number of likely N-dealkylation sites (tertiary alicyclic amines) is 1. The first-order valence-electron chi connectivity index (χ1n) is 6.02. The van der Waals surface area contributed by atoms with Gasteiger partial charge in [-0.25, -0.2) is 0 Å². The van der Waals surface area contributed by atoms with Crippen molar-refractivity contribution < 1.29 is 9.90 Å². The topological polar surface area (TPSA) is 58.4 Å². The second kappa shape index (κ2) is 4.87. The van der Waals surface area contributed by atoms with Crippen molar-refractivity contribution in [3.8, 4) is 0 Å². The zero-order valence-electron chi connectivity index (χ0n) is 10.3. The van der Waals surface area contributed by atoms with E-state index in [2.05, 4.69) is 5.10 Å². The lowest BCUT2D eigenvalue weighted by Gasteiger charge is -2.36. The molecular weight excluding hydrogens is 218 g/mol. The minimum Gasteiger partial charge on any atom is -0.480 e. The molecular formula is C12H19N3O2. The van der Waals surface area contributed by atoms with Gasteiger partial charge >= 0.3 is 5.97 Å². The van der Waals surface area contributed by atoms with Gasteiger partial charge < -0.3 is 5.11 Å². The normalized spacial score (nSPS) is 26.0. The number of aromatic nitrogens is 2. The van der Waals surface area contributed by atoms with Gasteiger partial charge in [-0.3, -0.25) is 14.4 Å². The van der Waals surface area contributed by atoms with Crippen LogP contribution in [0, 0.1) is 5.92 Å². The molecule has 17 heavy (non-hydrogen) atoms. The van der Waals surface area contributed by atoms with Gasteiger partial charge in [0.25, 0.3) is 0 Å². The molecule has 2 atom stereocenters. The summed E-state index contributed by atoms with van der Waals surface area (Å²) in [7, 11) is 1.87. The molecule has 1 fully saturated rings. The van der Waals surface area contributed by atoms with Crippen LogP contribution in [0.4, 0.5) is 0 Å². The molecule has 1 aromatic heterocycles. The molecule has 0 spiro atoms. The van der Waals surface area contributed by atoms with Gasteiger partial charge in [0.2, 0.25) is 0 Å². The van der Waals surface area contributed by atoms with E-state index in [4.69, 9.17) is 0 Å². The van der Waals surface area contributed by atoms with Crippen LogP contribution in [0.2, 0.25) is 0 Å². The minimum atomic E-state index is -0.707. The fourth-order valence-electron chi connectivity index (χ4n) is 2.64. The molecule has 0 saturated carbocycles. The molecule has 0 amide bonds. The van der Waals surface area contributed by atoms with Crippen molar-refractivity contribution >= 4 is 5.97 Å². The monoisotopic (exact) mass is 237 g/mol. The van der Waals surface area contributed by atoms with E-state index < -0.39 is 5.97 Å². The van der Waals surface area contributed by atoms with Crippen LogP contribution in [-0.2, 0) is 18.4 Å². The van der Waals surface area contributed by atoms with E-state index in [1.165, 1.54) is 0 Å². The molecule has 1 aliphatic rings. The molecule has 2 rings (SSSR count). The molecule has 2 heterocycles. The van der Waals surface area contributed by atoms with Gasteiger partial charge in [0.15, 0.2) is 0 Å². The maximum absolute atomic E-state index is 11.3. The van der Waals surface area contributed by atoms with E-state index in [0.29, 0.717) is 6.54 Å². The number of rotatable bonds is 3. The molecule has 94 valence electrons. The van der Waals surface area contributed by atoms with Crippen LogP contribution in [-0.4, -0.2) is 38.3 Å². The third-order valence-electron chi connectivity index (χ3n) is 3.43. The van der Waals surface area contributed by atoms with Gasteiger partial charge in [-0.05, 0) is 25.3 Å². The third kappa shape index (κ3) is 2.66. The van der Waals surface area contributed by atoms with Crippen molar-refractivity contribution in [2.24, 2.45) is 13.0 Å². The number of aliphatic carboxylic acids is 1. The first-order chi connectivity index (χ1) is 8.08. The van der Waals surface area contributed by atoms with Crippen LogP contribution < -0.4 is 0 Å². The zero-order valence-corrected chi connectivity index (χ0v) is 10.3. The van der Waals surface area contributed by atoms with Crippen LogP contribution in [0.5, 0.6) is 0 Å². The summed E-state index contributed by atoms with van der Waals surface area (Å²) in [4.78, 5) is 13.4. The summed E-state index contributed by atoms with van der Waals surface area (Å²) in [6.45, 7) is 3.56. The standard InChI is InChI=1S/C12H19N3O2/c1-9-4-3-5-15(11(9)12(16)17)8-10-6-13-14(2)7-10/h6-7,9,11H,3-5,8H2,1-2H3,(H,16,17). The number of carboxylic acids is 1. The van der Waals surface area contributed by atoms with Crippen molar-refractivity contribution in [3.05, 3.63) is 18.0 Å². The molecule has 1 aromatic rings. The Morgan fingerprint density at radius 2 is 2.41 bits per heavy atom. The van der Waals surface area contributed by atoms with Gasteiger partial charge in [-0.15, -0.1) is 0 Å². The molecule has 0 radical (unpaired) electrons. The average molecular weight is 237 g/mol. The van der Waals surface area contributed by atoms with Gasteiger partial charge in [-0.2, -0.15) is 5.10 Å². The summed E-state index contributed by atoms with van der Waals surface area (Å²) >= 11 is 0. The molecule has 1 saturated heterocycles. The lowest BCUT2D eigenvalue weighted by Crippen LogP contribution is -2.48. The predicted octanol–water partition coefficient (Wildman–Crippen LogP) is 1.11. The molecule has 0 aromatic carbocycles. The molecule has 1 aliphatic heterocycles. The quantitative estimate of drug-likeness (QED) is 0.855. The summed E-state index contributed by atoms with van der Waals surface area (Å²) in [5, 5.41) is 13.4. The Labute approximate surface area is 101 Å². The Morgan fingerprint density at radius 1 is 1.65 bits per heavy atom. The molecule has 1 N–H and O–H groups in total. The van der Waals surface area contributed by atoms with Gasteiger partial charge in [0.05, 0.1) is 6.20 Å². The second-order valence-electron chi connectivity index (χ2n) is 4.90. The summed E-state index contributed by atoms with van der Waals surface area (Å²) in [6.07, 6.45) is 5.82. The highest BCUT2D eigenvalue weighted by molar-refractivity contribution is 5.74. The fourth-order valence-corrected chi connectivity index (χ4v) is 2.64. The highest BCUT2D eigenvalue weighted by Crippen LogP contribution is 2.24. The number of nitrogens with zero attached hydrogens (tertiary/aromatic N) is 3. The predicted molar refractivity (Wildman–Crippen MR) is 63.4 cm³/mol. The Balaban J connectivity index is 2.09. The Bertz CT molecular complexity index is 402. The van der Waals surface area contributed by atoms with Gasteiger partial charge in [0.1, 0.15) is 6.04 Å². The number of hydrogen-bond donors (Lipinski definition) is 1. The lowest BCUT2D eigenvalue weighted by atomic mass is 9.90. The van der Waals surface area contributed by atoms with Crippen LogP contribution in [0.1, 0.15) is 25.3 Å². The molecule has 5 heteroatoms. The highest BCUT2D eigenvalue weighted by Gasteiger charge is 2.34. The first kappa shape index (κ1) is 12.1. The van der Waals surface area contributed by atoms with E-state index >= 15 is 0 Å². The summed E-state index contributed by atoms with van der Waals surface area (Å²) in [5.41, 5.74) is 1.08. The SMILES string of the molecule is CC1CCCN(Cc2cnn(C)c2)C1C(=O)O. The summed E-state index contributed by atoms with van der Waals surface area (Å²) in [5.74, 6) is -0.487. The number of hydrogen-bond acceptors (Lipinski definition) is 3. The summed E-state index contributed by atoms with van der Waals surface area (Å²) < 4.78 is 1.75. The first-order valence-corrected chi connectivity index (χ1v) is 6.02. The average Bonchev–Trinajstić information content (AvgIpc) is 2.63. The highest BCUT2D eigenvalue weighted by atomic mass is 16.4. The number of carboxylic acid groups (broad SMARTS) is 1. The molecule has 5 nitrogen and oxygen atoms in total. The van der Waals surface area contributed by atoms with Crippen LogP contribution in [0.3, 0.4) is 0 Å². The van der Waals surface area contributed by atoms with Crippen molar-refractivity contribution in [2.75, 3.05) is 6.54 Å². The maximum atomic E-state index is 11.3. The van der Waals surface area contributed by atoms with Crippen LogP contribution >= 0.6 is 0 Å². The Kier molecular flexibility index (Phi) is 3.47. The van der Waals surface area contributed by atoms with E-state index in [1.807, 2.05) is 25.1 Å². The zero-order chi connectivity index (χ0) is 12.4. The van der Waals surface area contributed by atoms with Gasteiger partial charge in [-0.1, -0.05) is 6.92 Å².